The summed E-state index contributed by atoms with van der Waals surface area (Å²) in [7, 11) is -4.34. The number of rotatable bonds is 2. The molecule has 0 unspecified atom stereocenters. The summed E-state index contributed by atoms with van der Waals surface area (Å²) in [5.74, 6) is 0. The average molecular weight is 247 g/mol. The number of sulfonamides is 1. The molecule has 0 saturated heterocycles. The van der Waals surface area contributed by atoms with Gasteiger partial charge < -0.3 is 0 Å². The standard InChI is InChI=1S/C8H7F2N3O2S/c1-4-5(2-11)3-13-6(8(9)10)7(4)16(12,14)15/h3,8H,1H3,(H2,12,14,15). The van der Waals surface area contributed by atoms with Gasteiger partial charge in [-0.25, -0.2) is 22.3 Å². The molecule has 8 heteroatoms. The van der Waals surface area contributed by atoms with E-state index in [1.54, 1.807) is 6.07 Å². The van der Waals surface area contributed by atoms with Crippen LogP contribution in [0.5, 0.6) is 0 Å². The van der Waals surface area contributed by atoms with Gasteiger partial charge in [0.1, 0.15) is 16.7 Å². The van der Waals surface area contributed by atoms with Crippen molar-refractivity contribution < 1.29 is 17.2 Å². The van der Waals surface area contributed by atoms with E-state index in [0.717, 1.165) is 6.20 Å². The second-order valence-corrected chi connectivity index (χ2v) is 4.47. The van der Waals surface area contributed by atoms with Crippen molar-refractivity contribution in [1.82, 2.24) is 4.98 Å². The first-order valence-corrected chi connectivity index (χ1v) is 5.54. The molecule has 0 aliphatic rings. The number of halogens is 2. The maximum Gasteiger partial charge on any atom is 0.281 e. The normalized spacial score (nSPS) is 11.5. The first-order chi connectivity index (χ1) is 7.29. The Kier molecular flexibility index (Phi) is 3.21. The predicted octanol–water partition coefficient (Wildman–Crippen LogP) is 0.847. The monoisotopic (exact) mass is 247 g/mol. The van der Waals surface area contributed by atoms with Crippen LogP contribution in [0.15, 0.2) is 11.1 Å². The zero-order valence-corrected chi connectivity index (χ0v) is 8.92. The number of nitriles is 1. The van der Waals surface area contributed by atoms with Gasteiger partial charge in [-0.3, -0.25) is 4.98 Å². The van der Waals surface area contributed by atoms with Gasteiger partial charge in [0.2, 0.25) is 10.0 Å². The lowest BCUT2D eigenvalue weighted by Gasteiger charge is -2.09. The van der Waals surface area contributed by atoms with Crippen LogP contribution in [-0.2, 0) is 10.0 Å². The van der Waals surface area contributed by atoms with Gasteiger partial charge in [0.25, 0.3) is 6.43 Å². The minimum atomic E-state index is -4.34. The zero-order chi connectivity index (χ0) is 12.5. The van der Waals surface area contributed by atoms with E-state index >= 15 is 0 Å². The van der Waals surface area contributed by atoms with Crippen molar-refractivity contribution in [2.45, 2.75) is 18.2 Å². The molecule has 1 heterocycles. The molecule has 1 rings (SSSR count). The fraction of sp³-hybridized carbons (Fsp3) is 0.250. The number of nitrogens with two attached hydrogens (primary N) is 1. The Morgan fingerprint density at radius 1 is 1.56 bits per heavy atom. The number of aromatic nitrogens is 1. The Morgan fingerprint density at radius 3 is 2.50 bits per heavy atom. The summed E-state index contributed by atoms with van der Waals surface area (Å²) < 4.78 is 47.3. The maximum atomic E-state index is 12.5. The zero-order valence-electron chi connectivity index (χ0n) is 8.11. The smallest absolute Gasteiger partial charge is 0.252 e. The summed E-state index contributed by atoms with van der Waals surface area (Å²) in [6, 6.07) is 1.65. The molecule has 5 nitrogen and oxygen atoms in total. The molecule has 0 amide bonds. The van der Waals surface area contributed by atoms with E-state index in [9.17, 15) is 17.2 Å². The minimum Gasteiger partial charge on any atom is -0.252 e. The van der Waals surface area contributed by atoms with E-state index in [4.69, 9.17) is 10.4 Å². The fourth-order valence-corrected chi connectivity index (χ4v) is 2.20. The highest BCUT2D eigenvalue weighted by molar-refractivity contribution is 7.89. The molecule has 0 spiro atoms. The third-order valence-electron chi connectivity index (χ3n) is 1.92. The molecule has 1 aromatic rings. The minimum absolute atomic E-state index is 0.103. The summed E-state index contributed by atoms with van der Waals surface area (Å²) in [4.78, 5) is 2.47. The second-order valence-electron chi connectivity index (χ2n) is 2.97. The molecule has 0 saturated carbocycles. The van der Waals surface area contributed by atoms with Crippen molar-refractivity contribution in [3.63, 3.8) is 0 Å². The Morgan fingerprint density at radius 2 is 2.12 bits per heavy atom. The first kappa shape index (κ1) is 12.5. The lowest BCUT2D eigenvalue weighted by Crippen LogP contribution is -2.18. The third kappa shape index (κ3) is 2.15. The van der Waals surface area contributed by atoms with Crippen LogP contribution in [0.4, 0.5) is 8.78 Å². The highest BCUT2D eigenvalue weighted by atomic mass is 32.2. The fourth-order valence-electron chi connectivity index (χ4n) is 1.23. The van der Waals surface area contributed by atoms with Crippen molar-refractivity contribution >= 4 is 10.0 Å². The van der Waals surface area contributed by atoms with Crippen LogP contribution in [0.2, 0.25) is 0 Å². The van der Waals surface area contributed by atoms with Crippen LogP contribution in [0.3, 0.4) is 0 Å². The molecule has 0 aliphatic carbocycles. The molecule has 0 radical (unpaired) electrons. The molecule has 1 aromatic heterocycles. The van der Waals surface area contributed by atoms with E-state index in [1.165, 1.54) is 6.92 Å². The van der Waals surface area contributed by atoms with Crippen LogP contribution < -0.4 is 5.14 Å². The molecule has 0 atom stereocenters. The van der Waals surface area contributed by atoms with Crippen LogP contribution in [0.25, 0.3) is 0 Å². The quantitative estimate of drug-likeness (QED) is 0.837. The molecular formula is C8H7F2N3O2S. The summed E-state index contributed by atoms with van der Waals surface area (Å²) in [6.07, 6.45) is -2.18. The van der Waals surface area contributed by atoms with E-state index in [-0.39, 0.29) is 11.1 Å². The van der Waals surface area contributed by atoms with Crippen molar-refractivity contribution in [1.29, 1.82) is 5.26 Å². The molecule has 0 fully saturated rings. The van der Waals surface area contributed by atoms with Gasteiger partial charge in [0.15, 0.2) is 0 Å². The van der Waals surface area contributed by atoms with Gasteiger partial charge in [-0.15, -0.1) is 0 Å². The molecule has 2 N–H and O–H groups in total. The molecule has 0 bridgehead atoms. The SMILES string of the molecule is Cc1c(C#N)cnc(C(F)F)c1S(N)(=O)=O. The molecular weight excluding hydrogens is 240 g/mol. The summed E-state index contributed by atoms with van der Waals surface area (Å²) in [6.45, 7) is 1.23. The van der Waals surface area contributed by atoms with Gasteiger partial charge in [-0.2, -0.15) is 5.26 Å². The first-order valence-electron chi connectivity index (χ1n) is 3.99. The third-order valence-corrected chi connectivity index (χ3v) is 3.01. The van der Waals surface area contributed by atoms with Crippen LogP contribution >= 0.6 is 0 Å². The number of primary sulfonamides is 1. The topological polar surface area (TPSA) is 96.8 Å². The van der Waals surface area contributed by atoms with Crippen molar-refractivity contribution in [2.75, 3.05) is 0 Å². The van der Waals surface area contributed by atoms with Crippen molar-refractivity contribution in [3.05, 3.63) is 23.0 Å². The van der Waals surface area contributed by atoms with Gasteiger partial charge in [-0.05, 0) is 12.5 Å². The molecule has 0 aliphatic heterocycles. The largest absolute Gasteiger partial charge is 0.281 e. The number of nitrogens with zero attached hydrogens (tertiary/aromatic N) is 2. The van der Waals surface area contributed by atoms with Crippen LogP contribution in [0, 0.1) is 18.3 Å². The number of hydrogen-bond donors (Lipinski definition) is 1. The van der Waals surface area contributed by atoms with Gasteiger partial charge in [0, 0.05) is 6.20 Å². The van der Waals surface area contributed by atoms with Gasteiger partial charge in [-0.1, -0.05) is 0 Å². The Balaban J connectivity index is 3.72. The Bertz CT molecular complexity index is 563. The average Bonchev–Trinajstić information content (AvgIpc) is 2.14. The van der Waals surface area contributed by atoms with E-state index in [0.29, 0.717) is 0 Å². The van der Waals surface area contributed by atoms with E-state index < -0.39 is 27.0 Å². The highest BCUT2D eigenvalue weighted by Crippen LogP contribution is 2.27. The Hall–Kier alpha value is -1.59. The summed E-state index contributed by atoms with van der Waals surface area (Å²) >= 11 is 0. The molecule has 0 aromatic carbocycles. The van der Waals surface area contributed by atoms with Crippen LogP contribution in [0.1, 0.15) is 23.2 Å². The summed E-state index contributed by atoms with van der Waals surface area (Å²) in [5.41, 5.74) is -1.15. The van der Waals surface area contributed by atoms with Gasteiger partial charge in [0.05, 0.1) is 5.56 Å². The predicted molar refractivity (Wildman–Crippen MR) is 50.0 cm³/mol. The Labute approximate surface area is 90.6 Å². The molecule has 16 heavy (non-hydrogen) atoms. The van der Waals surface area contributed by atoms with Crippen molar-refractivity contribution in [2.24, 2.45) is 5.14 Å². The van der Waals surface area contributed by atoms with Gasteiger partial charge >= 0.3 is 0 Å². The highest BCUT2D eigenvalue weighted by Gasteiger charge is 2.26. The number of pyridine rings is 1. The number of alkyl halides is 2. The summed E-state index contributed by atoms with van der Waals surface area (Å²) in [5, 5.41) is 13.4. The van der Waals surface area contributed by atoms with E-state index in [1.807, 2.05) is 0 Å². The second kappa shape index (κ2) is 4.11. The maximum absolute atomic E-state index is 12.5. The lowest BCUT2D eigenvalue weighted by atomic mass is 10.1. The van der Waals surface area contributed by atoms with E-state index in [2.05, 4.69) is 4.98 Å². The number of hydrogen-bond acceptors (Lipinski definition) is 4. The lowest BCUT2D eigenvalue weighted by molar-refractivity contribution is 0.142. The van der Waals surface area contributed by atoms with Crippen LogP contribution in [-0.4, -0.2) is 13.4 Å². The molecule has 86 valence electrons. The van der Waals surface area contributed by atoms with Crippen molar-refractivity contribution in [3.8, 4) is 6.07 Å².